The molecule has 0 fully saturated rings. The van der Waals surface area contributed by atoms with Crippen LogP contribution in [-0.4, -0.2) is 37.1 Å². The highest BCUT2D eigenvalue weighted by molar-refractivity contribution is 5.84. The third-order valence-corrected chi connectivity index (χ3v) is 1.89. The van der Waals surface area contributed by atoms with Gasteiger partial charge >= 0.3 is 0 Å². The fraction of sp³-hybridized carbons (Fsp3) is 0.800. The quantitative estimate of drug-likeness (QED) is 0.389. The number of methoxy groups -OCH3 is 1. The first-order valence-electron chi connectivity index (χ1n) is 5.20. The second kappa shape index (κ2) is 7.05. The lowest BCUT2D eigenvalue weighted by Crippen LogP contribution is -2.38. The van der Waals surface area contributed by atoms with Gasteiger partial charge in [0.05, 0.1) is 0 Å². The minimum atomic E-state index is -0.676. The van der Waals surface area contributed by atoms with E-state index in [1.165, 1.54) is 7.11 Å². The van der Waals surface area contributed by atoms with Gasteiger partial charge in [-0.25, -0.2) is 0 Å². The molecule has 0 aliphatic carbocycles. The average Bonchev–Trinajstić information content (AvgIpc) is 2.23. The lowest BCUT2D eigenvalue weighted by atomic mass is 10.3. The van der Waals surface area contributed by atoms with Crippen LogP contribution in [0.2, 0.25) is 0 Å². The molecule has 6 nitrogen and oxygen atoms in total. The number of rotatable bonds is 6. The second-order valence-electron chi connectivity index (χ2n) is 3.81. The van der Waals surface area contributed by atoms with Crippen molar-refractivity contribution in [3.05, 3.63) is 0 Å². The fourth-order valence-electron chi connectivity index (χ4n) is 0.785. The van der Waals surface area contributed by atoms with Crippen molar-refractivity contribution in [1.82, 2.24) is 5.32 Å². The van der Waals surface area contributed by atoms with Crippen molar-refractivity contribution >= 4 is 11.7 Å². The molecule has 0 saturated carbocycles. The molecule has 2 atom stereocenters. The molecule has 0 bridgehead atoms. The number of carbonyl (C=O) groups excluding carboxylic acids is 1. The first kappa shape index (κ1) is 14.7. The van der Waals surface area contributed by atoms with Gasteiger partial charge in [-0.2, -0.15) is 0 Å². The number of hydrogen-bond acceptors (Lipinski definition) is 4. The summed E-state index contributed by atoms with van der Waals surface area (Å²) in [4.78, 5) is 16.4. The van der Waals surface area contributed by atoms with E-state index in [2.05, 4.69) is 10.5 Å². The summed E-state index contributed by atoms with van der Waals surface area (Å²) < 4.78 is 4.93. The summed E-state index contributed by atoms with van der Waals surface area (Å²) in [6.45, 7) is 7.08. The predicted octanol–water partition coefficient (Wildman–Crippen LogP) is 0.223. The van der Waals surface area contributed by atoms with E-state index in [0.717, 1.165) is 0 Å². The Bertz CT molecular complexity index is 254. The van der Waals surface area contributed by atoms with Crippen molar-refractivity contribution in [2.45, 2.75) is 45.9 Å². The lowest BCUT2D eigenvalue weighted by molar-refractivity contribution is -0.132. The minimum absolute atomic E-state index is 0.0674. The standard InChI is InChI=1S/C10H21N3O3/c1-6(2)12-10(14)8(4)16-13-9(11)7(3)15-5/h6-8H,1-5H3,(H2,11,13)(H,12,14). The van der Waals surface area contributed by atoms with Crippen molar-refractivity contribution in [3.8, 4) is 0 Å². The number of hydrogen-bond donors (Lipinski definition) is 2. The molecule has 0 spiro atoms. The number of nitrogens with two attached hydrogens (primary N) is 1. The Balaban J connectivity index is 4.14. The zero-order chi connectivity index (χ0) is 12.7. The predicted molar refractivity (Wildman–Crippen MR) is 61.9 cm³/mol. The molecule has 0 aromatic heterocycles. The van der Waals surface area contributed by atoms with E-state index in [-0.39, 0.29) is 23.9 Å². The summed E-state index contributed by atoms with van der Waals surface area (Å²) in [6, 6.07) is 0.0674. The molecule has 0 rings (SSSR count). The Hall–Kier alpha value is -1.30. The van der Waals surface area contributed by atoms with Crippen molar-refractivity contribution in [2.75, 3.05) is 7.11 Å². The van der Waals surface area contributed by atoms with Crippen LogP contribution < -0.4 is 11.1 Å². The summed E-state index contributed by atoms with van der Waals surface area (Å²) in [7, 11) is 1.52. The van der Waals surface area contributed by atoms with Crippen molar-refractivity contribution in [2.24, 2.45) is 10.9 Å². The number of ether oxygens (including phenoxy) is 1. The summed E-state index contributed by atoms with van der Waals surface area (Å²) in [5.74, 6) is -0.0247. The molecule has 1 amide bonds. The summed E-state index contributed by atoms with van der Waals surface area (Å²) in [5, 5.41) is 6.34. The van der Waals surface area contributed by atoms with E-state index in [4.69, 9.17) is 15.3 Å². The van der Waals surface area contributed by atoms with Crippen LogP contribution >= 0.6 is 0 Å². The van der Waals surface area contributed by atoms with E-state index in [9.17, 15) is 4.79 Å². The van der Waals surface area contributed by atoms with Crippen LogP contribution in [0.4, 0.5) is 0 Å². The van der Waals surface area contributed by atoms with Crippen molar-refractivity contribution < 1.29 is 14.4 Å². The molecule has 0 heterocycles. The van der Waals surface area contributed by atoms with Gasteiger partial charge in [0, 0.05) is 13.2 Å². The van der Waals surface area contributed by atoms with Gasteiger partial charge in [0.2, 0.25) is 6.10 Å². The third kappa shape index (κ3) is 5.55. The van der Waals surface area contributed by atoms with Gasteiger partial charge in [-0.3, -0.25) is 4.79 Å². The van der Waals surface area contributed by atoms with Crippen LogP contribution in [-0.2, 0) is 14.4 Å². The Labute approximate surface area is 96.2 Å². The first-order valence-corrected chi connectivity index (χ1v) is 5.20. The Morgan fingerprint density at radius 1 is 1.25 bits per heavy atom. The van der Waals surface area contributed by atoms with Gasteiger partial charge in [-0.05, 0) is 27.7 Å². The normalized spacial score (nSPS) is 15.8. The lowest BCUT2D eigenvalue weighted by Gasteiger charge is -2.14. The van der Waals surface area contributed by atoms with E-state index < -0.39 is 6.10 Å². The van der Waals surface area contributed by atoms with E-state index in [1.807, 2.05) is 13.8 Å². The van der Waals surface area contributed by atoms with Crippen LogP contribution in [0.15, 0.2) is 5.16 Å². The van der Waals surface area contributed by atoms with Crippen molar-refractivity contribution in [1.29, 1.82) is 0 Å². The molecule has 0 aromatic rings. The molecule has 2 unspecified atom stereocenters. The van der Waals surface area contributed by atoms with Crippen LogP contribution in [0, 0.1) is 0 Å². The summed E-state index contributed by atoms with van der Waals surface area (Å²) in [6.07, 6.45) is -1.01. The molecule has 6 heteroatoms. The fourth-order valence-corrected chi connectivity index (χ4v) is 0.785. The number of oxime groups is 1. The number of amidine groups is 1. The number of nitrogens with one attached hydrogen (secondary N) is 1. The zero-order valence-electron chi connectivity index (χ0n) is 10.5. The maximum Gasteiger partial charge on any atom is 0.263 e. The first-order chi connectivity index (χ1) is 7.38. The van der Waals surface area contributed by atoms with E-state index >= 15 is 0 Å². The minimum Gasteiger partial charge on any atom is -0.382 e. The largest absolute Gasteiger partial charge is 0.382 e. The molecule has 0 aliphatic rings. The molecule has 0 saturated heterocycles. The number of amides is 1. The highest BCUT2D eigenvalue weighted by atomic mass is 16.6. The number of carbonyl (C=O) groups is 1. The molecule has 0 aromatic carbocycles. The SMILES string of the molecule is COC(C)/C(N)=N/OC(C)C(=O)NC(C)C. The Morgan fingerprint density at radius 2 is 1.81 bits per heavy atom. The van der Waals surface area contributed by atoms with E-state index in [1.54, 1.807) is 13.8 Å². The molecule has 0 radical (unpaired) electrons. The summed E-state index contributed by atoms with van der Waals surface area (Å²) >= 11 is 0. The Morgan fingerprint density at radius 3 is 2.25 bits per heavy atom. The monoisotopic (exact) mass is 231 g/mol. The van der Waals surface area contributed by atoms with Gasteiger partial charge in [0.1, 0.15) is 6.10 Å². The molecular weight excluding hydrogens is 210 g/mol. The molecule has 94 valence electrons. The molecule has 0 aliphatic heterocycles. The maximum atomic E-state index is 11.4. The van der Waals surface area contributed by atoms with Crippen LogP contribution in [0.25, 0.3) is 0 Å². The van der Waals surface area contributed by atoms with Gasteiger partial charge in [-0.15, -0.1) is 0 Å². The maximum absolute atomic E-state index is 11.4. The highest BCUT2D eigenvalue weighted by Crippen LogP contribution is 1.95. The summed E-state index contributed by atoms with van der Waals surface area (Å²) in [5.41, 5.74) is 5.55. The van der Waals surface area contributed by atoms with Gasteiger partial charge in [-0.1, -0.05) is 5.16 Å². The topological polar surface area (TPSA) is 85.9 Å². The Kier molecular flexibility index (Phi) is 6.48. The van der Waals surface area contributed by atoms with Gasteiger partial charge < -0.3 is 20.6 Å². The van der Waals surface area contributed by atoms with Crippen molar-refractivity contribution in [3.63, 3.8) is 0 Å². The number of nitrogens with zero attached hydrogens (tertiary/aromatic N) is 1. The van der Waals surface area contributed by atoms with Gasteiger partial charge in [0.15, 0.2) is 5.84 Å². The zero-order valence-corrected chi connectivity index (χ0v) is 10.5. The van der Waals surface area contributed by atoms with Crippen LogP contribution in [0.3, 0.4) is 0 Å². The highest BCUT2D eigenvalue weighted by Gasteiger charge is 2.15. The second-order valence-corrected chi connectivity index (χ2v) is 3.81. The third-order valence-electron chi connectivity index (χ3n) is 1.89. The average molecular weight is 231 g/mol. The van der Waals surface area contributed by atoms with E-state index in [0.29, 0.717) is 0 Å². The van der Waals surface area contributed by atoms with Crippen LogP contribution in [0.5, 0.6) is 0 Å². The smallest absolute Gasteiger partial charge is 0.263 e. The molecular formula is C10H21N3O3. The van der Waals surface area contributed by atoms with Crippen LogP contribution in [0.1, 0.15) is 27.7 Å². The molecule has 16 heavy (non-hydrogen) atoms. The molecule has 3 N–H and O–H groups in total. The van der Waals surface area contributed by atoms with Gasteiger partial charge in [0.25, 0.3) is 5.91 Å².